The van der Waals surface area contributed by atoms with Crippen LogP contribution < -0.4 is 10.0 Å². The van der Waals surface area contributed by atoms with Crippen molar-refractivity contribution in [2.45, 2.75) is 6.54 Å². The van der Waals surface area contributed by atoms with Crippen LogP contribution in [0.5, 0.6) is 0 Å². The smallest absolute Gasteiger partial charge is 0.267 e. The van der Waals surface area contributed by atoms with Gasteiger partial charge in [0, 0.05) is 19.8 Å². The van der Waals surface area contributed by atoms with E-state index in [0.29, 0.717) is 10.1 Å². The van der Waals surface area contributed by atoms with Gasteiger partial charge in [0.15, 0.2) is 5.17 Å². The zero-order valence-electron chi connectivity index (χ0n) is 19.4. The molecule has 1 aliphatic heterocycles. The molecule has 0 spiro atoms. The van der Waals surface area contributed by atoms with E-state index in [1.54, 1.807) is 23.1 Å². The van der Waals surface area contributed by atoms with Crippen LogP contribution in [0, 0.1) is 0 Å². The third-order valence-electron chi connectivity index (χ3n) is 5.35. The van der Waals surface area contributed by atoms with E-state index in [-0.39, 0.29) is 18.0 Å². The SMILES string of the molecule is CN(C)c1ccc(/C=C/C=C2\SC(=Nc3ccccc3)N(Cc3ccc(C(=O)[O-])cc3)C2=O)cc1. The number of para-hydroxylation sites is 1. The number of carboxylic acid groups (broad SMARTS) is 1. The molecule has 0 unspecified atom stereocenters. The maximum atomic E-state index is 13.3. The first-order valence-electron chi connectivity index (χ1n) is 11.0. The number of hydrogen-bond acceptors (Lipinski definition) is 6. The third-order valence-corrected chi connectivity index (χ3v) is 6.37. The highest BCUT2D eigenvalue weighted by atomic mass is 32.2. The van der Waals surface area contributed by atoms with Crippen molar-refractivity contribution in [3.8, 4) is 0 Å². The number of aliphatic imine (C=N–C) groups is 1. The van der Waals surface area contributed by atoms with E-state index in [4.69, 9.17) is 0 Å². The van der Waals surface area contributed by atoms with Crippen LogP contribution in [-0.4, -0.2) is 36.0 Å². The zero-order chi connectivity index (χ0) is 24.8. The molecule has 1 amide bonds. The molecule has 176 valence electrons. The summed E-state index contributed by atoms with van der Waals surface area (Å²) in [6.07, 6.45) is 5.62. The Balaban J connectivity index is 1.57. The molecule has 0 atom stereocenters. The number of carbonyl (C=O) groups excluding carboxylic acids is 2. The Morgan fingerprint density at radius 2 is 1.69 bits per heavy atom. The molecule has 1 aliphatic rings. The molecule has 3 aromatic rings. The first kappa shape index (κ1) is 24.0. The summed E-state index contributed by atoms with van der Waals surface area (Å²) in [6.45, 7) is 0.276. The molecule has 0 saturated carbocycles. The van der Waals surface area contributed by atoms with Crippen LogP contribution in [0.4, 0.5) is 11.4 Å². The average molecular weight is 483 g/mol. The summed E-state index contributed by atoms with van der Waals surface area (Å²) in [5.74, 6) is -1.38. The summed E-state index contributed by atoms with van der Waals surface area (Å²) in [4.78, 5) is 33.2. The Morgan fingerprint density at radius 1 is 1.00 bits per heavy atom. The van der Waals surface area contributed by atoms with Crippen molar-refractivity contribution in [3.63, 3.8) is 0 Å². The second-order valence-electron chi connectivity index (χ2n) is 8.08. The van der Waals surface area contributed by atoms with Gasteiger partial charge in [0.2, 0.25) is 0 Å². The zero-order valence-corrected chi connectivity index (χ0v) is 20.2. The van der Waals surface area contributed by atoms with Gasteiger partial charge in [-0.25, -0.2) is 4.99 Å². The first-order chi connectivity index (χ1) is 16.9. The van der Waals surface area contributed by atoms with Crippen molar-refractivity contribution in [1.29, 1.82) is 0 Å². The van der Waals surface area contributed by atoms with E-state index < -0.39 is 5.97 Å². The van der Waals surface area contributed by atoms with Crippen molar-refractivity contribution in [2.75, 3.05) is 19.0 Å². The van der Waals surface area contributed by atoms with Crippen LogP contribution in [0.15, 0.2) is 101 Å². The highest BCUT2D eigenvalue weighted by Crippen LogP contribution is 2.34. The summed E-state index contributed by atoms with van der Waals surface area (Å²) in [6, 6.07) is 23.9. The van der Waals surface area contributed by atoms with Crippen LogP contribution in [0.3, 0.4) is 0 Å². The largest absolute Gasteiger partial charge is 0.545 e. The minimum Gasteiger partial charge on any atom is -0.545 e. The molecule has 6 nitrogen and oxygen atoms in total. The number of amidine groups is 1. The molecule has 0 radical (unpaired) electrons. The van der Waals surface area contributed by atoms with Crippen molar-refractivity contribution < 1.29 is 14.7 Å². The van der Waals surface area contributed by atoms with Crippen LogP contribution in [0.25, 0.3) is 6.08 Å². The Hall–Kier alpha value is -4.10. The number of benzene rings is 3. The number of rotatable bonds is 7. The highest BCUT2D eigenvalue weighted by molar-refractivity contribution is 8.18. The van der Waals surface area contributed by atoms with E-state index >= 15 is 0 Å². The van der Waals surface area contributed by atoms with Gasteiger partial charge in [-0.05, 0) is 58.8 Å². The quantitative estimate of drug-likeness (QED) is 0.464. The van der Waals surface area contributed by atoms with Gasteiger partial charge in [-0.2, -0.15) is 0 Å². The van der Waals surface area contributed by atoms with Gasteiger partial charge in [-0.15, -0.1) is 0 Å². The maximum absolute atomic E-state index is 13.3. The third kappa shape index (κ3) is 6.07. The molecular weight excluding hydrogens is 458 g/mol. The molecule has 0 aromatic heterocycles. The first-order valence-corrected chi connectivity index (χ1v) is 11.8. The fourth-order valence-electron chi connectivity index (χ4n) is 3.42. The van der Waals surface area contributed by atoms with Gasteiger partial charge in [-0.3, -0.25) is 9.69 Å². The molecule has 35 heavy (non-hydrogen) atoms. The number of anilines is 1. The number of carbonyl (C=O) groups is 2. The molecular formula is C28H24N3O3S-. The Morgan fingerprint density at radius 3 is 2.31 bits per heavy atom. The summed E-state index contributed by atoms with van der Waals surface area (Å²) in [5, 5.41) is 11.6. The lowest BCUT2D eigenvalue weighted by atomic mass is 10.1. The topological polar surface area (TPSA) is 76.0 Å². The average Bonchev–Trinajstić information content (AvgIpc) is 3.14. The van der Waals surface area contributed by atoms with Crippen LogP contribution in [0.2, 0.25) is 0 Å². The Kier molecular flexibility index (Phi) is 7.48. The molecule has 4 rings (SSSR count). The standard InChI is InChI=1S/C28H25N3O3S/c1-30(2)24-17-13-20(14-18-24)7-6-10-25-26(32)31(19-21-11-15-22(16-12-21)27(33)34)28(35-25)29-23-8-4-3-5-9-23/h3-18H,19H2,1-2H3,(H,33,34)/p-1/b7-6+,25-10-,29-28?. The van der Waals surface area contributed by atoms with E-state index in [1.165, 1.54) is 23.9 Å². The van der Waals surface area contributed by atoms with Crippen molar-refractivity contribution in [3.05, 3.63) is 113 Å². The van der Waals surface area contributed by atoms with Gasteiger partial charge in [0.1, 0.15) is 0 Å². The van der Waals surface area contributed by atoms with E-state index in [9.17, 15) is 14.7 Å². The van der Waals surface area contributed by atoms with E-state index in [0.717, 1.165) is 22.5 Å². The van der Waals surface area contributed by atoms with Gasteiger partial charge in [0.25, 0.3) is 5.91 Å². The molecule has 0 aliphatic carbocycles. The molecule has 1 heterocycles. The summed E-state index contributed by atoms with van der Waals surface area (Å²) in [5.41, 5.74) is 3.79. The molecule has 0 bridgehead atoms. The fraction of sp³-hybridized carbons (Fsp3) is 0.107. The lowest BCUT2D eigenvalue weighted by molar-refractivity contribution is -0.255. The Labute approximate surface area is 208 Å². The van der Waals surface area contributed by atoms with Crippen LogP contribution >= 0.6 is 11.8 Å². The minimum absolute atomic E-state index is 0.0957. The van der Waals surface area contributed by atoms with Gasteiger partial charge >= 0.3 is 0 Å². The predicted octanol–water partition coefficient (Wildman–Crippen LogP) is 4.48. The number of amides is 1. The summed E-state index contributed by atoms with van der Waals surface area (Å²) in [7, 11) is 3.99. The monoisotopic (exact) mass is 482 g/mol. The Bertz CT molecular complexity index is 1300. The number of nitrogens with zero attached hydrogens (tertiary/aromatic N) is 3. The number of allylic oxidation sites excluding steroid dienone is 2. The summed E-state index contributed by atoms with van der Waals surface area (Å²) >= 11 is 1.32. The van der Waals surface area contributed by atoms with Crippen LogP contribution in [0.1, 0.15) is 21.5 Å². The van der Waals surface area contributed by atoms with Gasteiger partial charge < -0.3 is 14.8 Å². The lowest BCUT2D eigenvalue weighted by Gasteiger charge is -2.16. The molecule has 1 fully saturated rings. The minimum atomic E-state index is -1.23. The molecule has 0 N–H and O–H groups in total. The molecule has 3 aromatic carbocycles. The lowest BCUT2D eigenvalue weighted by Crippen LogP contribution is -2.28. The molecule has 1 saturated heterocycles. The van der Waals surface area contributed by atoms with Crippen molar-refractivity contribution in [1.82, 2.24) is 4.90 Å². The second kappa shape index (κ2) is 10.9. The van der Waals surface area contributed by atoms with E-state index in [1.807, 2.05) is 85.7 Å². The number of aromatic carboxylic acids is 1. The fourth-order valence-corrected chi connectivity index (χ4v) is 4.37. The summed E-state index contributed by atoms with van der Waals surface area (Å²) < 4.78 is 0. The number of thioether (sulfide) groups is 1. The maximum Gasteiger partial charge on any atom is 0.267 e. The number of hydrogen-bond donors (Lipinski definition) is 0. The number of carboxylic acids is 1. The van der Waals surface area contributed by atoms with Gasteiger partial charge in [0.05, 0.1) is 23.1 Å². The second-order valence-corrected chi connectivity index (χ2v) is 9.09. The molecule has 7 heteroatoms. The van der Waals surface area contributed by atoms with Gasteiger partial charge in [-0.1, -0.05) is 66.7 Å². The van der Waals surface area contributed by atoms with Crippen LogP contribution in [-0.2, 0) is 11.3 Å². The van der Waals surface area contributed by atoms with Crippen molar-refractivity contribution >= 4 is 46.3 Å². The predicted molar refractivity (Wildman–Crippen MR) is 140 cm³/mol. The normalized spacial score (nSPS) is 15.9. The highest BCUT2D eigenvalue weighted by Gasteiger charge is 2.33. The van der Waals surface area contributed by atoms with E-state index in [2.05, 4.69) is 4.99 Å². The van der Waals surface area contributed by atoms with Crippen molar-refractivity contribution in [2.24, 2.45) is 4.99 Å².